The molecule has 1 heterocycles. The molecule has 0 aliphatic rings. The molecule has 0 aliphatic carbocycles. The monoisotopic (exact) mass is 317 g/mol. The molecular formula is C17H10F3NO2. The molecule has 0 fully saturated rings. The summed E-state index contributed by atoms with van der Waals surface area (Å²) in [7, 11) is 0. The first kappa shape index (κ1) is 15.0. The Kier molecular flexibility index (Phi) is 3.52. The Morgan fingerprint density at radius 3 is 2.17 bits per heavy atom. The van der Waals surface area contributed by atoms with E-state index in [-0.39, 0.29) is 22.2 Å². The number of aromatic nitrogens is 1. The van der Waals surface area contributed by atoms with Crippen LogP contribution in [0.1, 0.15) is 15.9 Å². The van der Waals surface area contributed by atoms with Crippen molar-refractivity contribution in [3.8, 4) is 11.3 Å². The van der Waals surface area contributed by atoms with E-state index in [4.69, 9.17) is 0 Å². The molecule has 3 rings (SSSR count). The smallest absolute Gasteiger partial charge is 0.419 e. The lowest BCUT2D eigenvalue weighted by atomic mass is 9.96. The van der Waals surface area contributed by atoms with Crippen LogP contribution in [0.25, 0.3) is 22.2 Å². The summed E-state index contributed by atoms with van der Waals surface area (Å²) >= 11 is 0. The second-order valence-corrected chi connectivity index (χ2v) is 4.90. The van der Waals surface area contributed by atoms with E-state index in [1.807, 2.05) is 0 Å². The molecule has 23 heavy (non-hydrogen) atoms. The highest BCUT2D eigenvalue weighted by Gasteiger charge is 2.40. The summed E-state index contributed by atoms with van der Waals surface area (Å²) in [5, 5.41) is 9.34. The molecular weight excluding hydrogens is 307 g/mol. The minimum absolute atomic E-state index is 0.0352. The molecule has 0 saturated heterocycles. The number of aromatic carboxylic acids is 1. The van der Waals surface area contributed by atoms with Gasteiger partial charge in [-0.1, -0.05) is 48.5 Å². The molecule has 0 aliphatic heterocycles. The molecule has 3 nitrogen and oxygen atoms in total. The van der Waals surface area contributed by atoms with Crippen LogP contribution >= 0.6 is 0 Å². The van der Waals surface area contributed by atoms with Gasteiger partial charge < -0.3 is 5.11 Å². The van der Waals surface area contributed by atoms with Crippen molar-refractivity contribution in [3.05, 3.63) is 65.7 Å². The van der Waals surface area contributed by atoms with E-state index in [0.29, 0.717) is 0 Å². The zero-order valence-electron chi connectivity index (χ0n) is 11.6. The number of carboxylic acids is 1. The number of carboxylic acid groups (broad SMARTS) is 1. The van der Waals surface area contributed by atoms with Crippen molar-refractivity contribution >= 4 is 16.9 Å². The van der Waals surface area contributed by atoms with Gasteiger partial charge in [-0.2, -0.15) is 13.2 Å². The standard InChI is InChI=1S/C17H10F3NO2/c18-17(19,20)14-13(16(22)23)11-8-4-5-9-12(11)21-15(14)10-6-2-1-3-7-10/h1-9H,(H,22,23). The molecule has 0 unspecified atom stereocenters. The lowest BCUT2D eigenvalue weighted by Gasteiger charge is -2.17. The van der Waals surface area contributed by atoms with Gasteiger partial charge in [0.1, 0.15) is 0 Å². The summed E-state index contributed by atoms with van der Waals surface area (Å²) < 4.78 is 40.7. The number of halogens is 3. The molecule has 3 aromatic rings. The van der Waals surface area contributed by atoms with E-state index in [0.717, 1.165) is 0 Å². The van der Waals surface area contributed by atoms with Crippen LogP contribution in [-0.4, -0.2) is 16.1 Å². The van der Waals surface area contributed by atoms with Gasteiger partial charge in [0.15, 0.2) is 0 Å². The Balaban J connectivity index is 2.51. The minimum atomic E-state index is -4.84. The summed E-state index contributed by atoms with van der Waals surface area (Å²) in [5.74, 6) is -1.63. The zero-order valence-corrected chi connectivity index (χ0v) is 11.6. The van der Waals surface area contributed by atoms with E-state index in [9.17, 15) is 23.1 Å². The third-order valence-electron chi connectivity index (χ3n) is 3.44. The van der Waals surface area contributed by atoms with Gasteiger partial charge in [-0.15, -0.1) is 0 Å². The van der Waals surface area contributed by atoms with Crippen LogP contribution in [0.4, 0.5) is 13.2 Å². The van der Waals surface area contributed by atoms with Gasteiger partial charge >= 0.3 is 12.1 Å². The maximum Gasteiger partial charge on any atom is 0.419 e. The highest BCUT2D eigenvalue weighted by atomic mass is 19.4. The van der Waals surface area contributed by atoms with E-state index >= 15 is 0 Å². The van der Waals surface area contributed by atoms with Crippen LogP contribution in [0.2, 0.25) is 0 Å². The molecule has 0 radical (unpaired) electrons. The fourth-order valence-corrected chi connectivity index (χ4v) is 2.51. The number of carbonyl (C=O) groups is 1. The maximum atomic E-state index is 13.6. The number of hydrogen-bond donors (Lipinski definition) is 1. The van der Waals surface area contributed by atoms with Crippen LogP contribution in [0.15, 0.2) is 54.6 Å². The Labute approximate surface area is 129 Å². The quantitative estimate of drug-likeness (QED) is 0.750. The van der Waals surface area contributed by atoms with Crippen molar-refractivity contribution in [2.45, 2.75) is 6.18 Å². The molecule has 0 saturated carbocycles. The molecule has 1 N–H and O–H groups in total. The number of alkyl halides is 3. The van der Waals surface area contributed by atoms with Crippen molar-refractivity contribution in [2.24, 2.45) is 0 Å². The maximum absolute atomic E-state index is 13.6. The molecule has 0 amide bonds. The first-order valence-corrected chi connectivity index (χ1v) is 6.68. The van der Waals surface area contributed by atoms with Gasteiger partial charge in [-0.3, -0.25) is 0 Å². The molecule has 1 aromatic heterocycles. The minimum Gasteiger partial charge on any atom is -0.478 e. The van der Waals surface area contributed by atoms with Crippen LogP contribution in [-0.2, 0) is 6.18 Å². The van der Waals surface area contributed by atoms with E-state index in [1.54, 1.807) is 24.3 Å². The second kappa shape index (κ2) is 5.39. The fourth-order valence-electron chi connectivity index (χ4n) is 2.51. The lowest BCUT2D eigenvalue weighted by molar-refractivity contribution is -0.137. The topological polar surface area (TPSA) is 50.2 Å². The van der Waals surface area contributed by atoms with Crippen LogP contribution in [0, 0.1) is 0 Å². The fraction of sp³-hybridized carbons (Fsp3) is 0.0588. The van der Waals surface area contributed by atoms with Gasteiger partial charge in [-0.05, 0) is 6.07 Å². The van der Waals surface area contributed by atoms with Gasteiger partial charge in [0.2, 0.25) is 0 Å². The molecule has 0 spiro atoms. The number of hydrogen-bond acceptors (Lipinski definition) is 2. The summed E-state index contributed by atoms with van der Waals surface area (Å²) in [6, 6.07) is 13.7. The Morgan fingerprint density at radius 2 is 1.57 bits per heavy atom. The Morgan fingerprint density at radius 1 is 0.957 bits per heavy atom. The second-order valence-electron chi connectivity index (χ2n) is 4.90. The van der Waals surface area contributed by atoms with Crippen LogP contribution in [0.3, 0.4) is 0 Å². The largest absolute Gasteiger partial charge is 0.478 e. The summed E-state index contributed by atoms with van der Waals surface area (Å²) in [4.78, 5) is 15.6. The molecule has 0 bridgehead atoms. The number of rotatable bonds is 2. The van der Waals surface area contributed by atoms with Gasteiger partial charge in [0.25, 0.3) is 0 Å². The van der Waals surface area contributed by atoms with E-state index in [1.165, 1.54) is 30.3 Å². The average Bonchev–Trinajstić information content (AvgIpc) is 2.52. The SMILES string of the molecule is O=C(O)c1c(C(F)(F)F)c(-c2ccccc2)nc2ccccc12. The van der Waals surface area contributed by atoms with Crippen molar-refractivity contribution in [1.82, 2.24) is 4.98 Å². The predicted octanol–water partition coefficient (Wildman–Crippen LogP) is 4.62. The number of para-hydroxylation sites is 1. The Hall–Kier alpha value is -2.89. The van der Waals surface area contributed by atoms with E-state index < -0.39 is 23.3 Å². The van der Waals surface area contributed by atoms with E-state index in [2.05, 4.69) is 4.98 Å². The molecule has 2 aromatic carbocycles. The summed E-state index contributed by atoms with van der Waals surface area (Å²) in [5.41, 5.74) is -1.96. The highest BCUT2D eigenvalue weighted by molar-refractivity contribution is 6.05. The lowest BCUT2D eigenvalue weighted by Crippen LogP contribution is -2.16. The number of fused-ring (bicyclic) bond motifs is 1. The highest BCUT2D eigenvalue weighted by Crippen LogP contribution is 2.41. The van der Waals surface area contributed by atoms with Crippen molar-refractivity contribution in [1.29, 1.82) is 0 Å². The first-order valence-electron chi connectivity index (χ1n) is 6.68. The van der Waals surface area contributed by atoms with Crippen molar-refractivity contribution < 1.29 is 23.1 Å². The molecule has 116 valence electrons. The average molecular weight is 317 g/mol. The molecule has 6 heteroatoms. The van der Waals surface area contributed by atoms with Crippen LogP contribution < -0.4 is 0 Å². The summed E-state index contributed by atoms with van der Waals surface area (Å²) in [6.45, 7) is 0. The molecule has 0 atom stereocenters. The Bertz CT molecular complexity index is 889. The normalized spacial score (nSPS) is 11.6. The van der Waals surface area contributed by atoms with Crippen molar-refractivity contribution in [3.63, 3.8) is 0 Å². The first-order chi connectivity index (χ1) is 10.9. The third-order valence-corrected chi connectivity index (χ3v) is 3.44. The predicted molar refractivity (Wildman–Crippen MR) is 79.1 cm³/mol. The number of nitrogens with zero attached hydrogens (tertiary/aromatic N) is 1. The van der Waals surface area contributed by atoms with Crippen molar-refractivity contribution in [2.75, 3.05) is 0 Å². The van der Waals surface area contributed by atoms with Gasteiger partial charge in [-0.25, -0.2) is 9.78 Å². The zero-order chi connectivity index (χ0) is 16.6. The van der Waals surface area contributed by atoms with Gasteiger partial charge in [0, 0.05) is 10.9 Å². The number of benzene rings is 2. The van der Waals surface area contributed by atoms with Crippen LogP contribution in [0.5, 0.6) is 0 Å². The summed E-state index contributed by atoms with van der Waals surface area (Å²) in [6.07, 6.45) is -4.84. The van der Waals surface area contributed by atoms with Gasteiger partial charge in [0.05, 0.1) is 22.3 Å². The number of pyridine rings is 1. The third kappa shape index (κ3) is 2.63.